The van der Waals surface area contributed by atoms with Crippen molar-refractivity contribution >= 4 is 25.5 Å². The Kier molecular flexibility index (Phi) is 5.61. The molecule has 0 saturated heterocycles. The molecule has 11 heteroatoms. The van der Waals surface area contributed by atoms with E-state index < -0.39 is 31.4 Å². The molecular formula is C20H18N4O5S2. The molecule has 0 amide bonds. The van der Waals surface area contributed by atoms with Crippen LogP contribution in [0.2, 0.25) is 0 Å². The lowest BCUT2D eigenvalue weighted by Crippen LogP contribution is -2.15. The van der Waals surface area contributed by atoms with Crippen molar-refractivity contribution in [1.82, 2.24) is 15.2 Å². The number of rotatable bonds is 8. The summed E-state index contributed by atoms with van der Waals surface area (Å²) in [7, 11) is -7.62. The van der Waals surface area contributed by atoms with Gasteiger partial charge in [-0.1, -0.05) is 48.5 Å². The van der Waals surface area contributed by atoms with Crippen LogP contribution in [0.3, 0.4) is 0 Å². The van der Waals surface area contributed by atoms with Crippen LogP contribution < -0.4 is 4.72 Å². The van der Waals surface area contributed by atoms with Crippen LogP contribution in [0.1, 0.15) is 11.8 Å². The molecule has 0 aliphatic heterocycles. The minimum atomic E-state index is -3.82. The van der Waals surface area contributed by atoms with E-state index in [0.29, 0.717) is 11.3 Å². The molecule has 0 saturated carbocycles. The topological polar surface area (TPSA) is 135 Å². The van der Waals surface area contributed by atoms with Gasteiger partial charge in [-0.3, -0.25) is 4.72 Å². The summed E-state index contributed by atoms with van der Waals surface area (Å²) in [6.45, 7) is 0. The number of nitrogens with one attached hydrogen (secondary N) is 2. The molecule has 4 aromatic rings. The van der Waals surface area contributed by atoms with Crippen molar-refractivity contribution in [3.63, 3.8) is 0 Å². The van der Waals surface area contributed by atoms with Crippen LogP contribution in [0.15, 0.2) is 82.4 Å². The molecule has 160 valence electrons. The molecule has 0 radical (unpaired) electrons. The number of hydrogen-bond donors (Lipinski definition) is 2. The number of hydrogen-bond acceptors (Lipinski definition) is 7. The second kappa shape index (κ2) is 8.36. The molecule has 31 heavy (non-hydrogen) atoms. The van der Waals surface area contributed by atoms with E-state index in [0.717, 1.165) is 5.56 Å². The second-order valence-corrected chi connectivity index (χ2v) is 10.4. The van der Waals surface area contributed by atoms with Gasteiger partial charge in [-0.25, -0.2) is 16.8 Å². The molecular weight excluding hydrogens is 440 g/mol. The molecule has 2 aromatic heterocycles. The van der Waals surface area contributed by atoms with Gasteiger partial charge in [0.15, 0.2) is 9.84 Å². The van der Waals surface area contributed by atoms with Gasteiger partial charge in [0, 0.05) is 23.6 Å². The molecule has 2 heterocycles. The van der Waals surface area contributed by atoms with Crippen molar-refractivity contribution in [3.05, 3.63) is 84.8 Å². The van der Waals surface area contributed by atoms with Gasteiger partial charge in [0.25, 0.3) is 0 Å². The number of sulfonamides is 1. The van der Waals surface area contributed by atoms with Crippen molar-refractivity contribution in [2.45, 2.75) is 16.4 Å². The number of sulfone groups is 1. The Bertz CT molecular complexity index is 1380. The summed E-state index contributed by atoms with van der Waals surface area (Å²) in [5.74, 6) is -1.52. The SMILES string of the molecule is O=S(=O)(Cc1nnc(CS(=O)(=O)c2c[nH]cc2-c2ccccc2)o1)Nc1ccccc1. The van der Waals surface area contributed by atoms with Gasteiger partial charge in [-0.15, -0.1) is 10.2 Å². The van der Waals surface area contributed by atoms with Gasteiger partial charge in [-0.05, 0) is 17.7 Å². The zero-order valence-corrected chi connectivity index (χ0v) is 17.7. The van der Waals surface area contributed by atoms with Crippen molar-refractivity contribution in [3.8, 4) is 11.1 Å². The largest absolute Gasteiger partial charge is 0.423 e. The van der Waals surface area contributed by atoms with Gasteiger partial charge in [0.05, 0.1) is 4.90 Å². The number of aromatic nitrogens is 3. The molecule has 0 fully saturated rings. The first-order valence-electron chi connectivity index (χ1n) is 9.14. The molecule has 9 nitrogen and oxygen atoms in total. The summed E-state index contributed by atoms with van der Waals surface area (Å²) >= 11 is 0. The standard InChI is InChI=1S/C20H18N4O5S2/c25-30(26,18-12-21-11-17(18)15-7-3-1-4-8-15)13-19-22-23-20(29-19)14-31(27,28)24-16-9-5-2-6-10-16/h1-12,21,24H,13-14H2. The monoisotopic (exact) mass is 458 g/mol. The Hall–Kier alpha value is -3.44. The normalized spacial score (nSPS) is 12.0. The number of anilines is 1. The van der Waals surface area contributed by atoms with Crippen LogP contribution in [-0.2, 0) is 31.4 Å². The Morgan fingerprint density at radius 2 is 1.42 bits per heavy atom. The molecule has 0 aliphatic carbocycles. The first-order valence-corrected chi connectivity index (χ1v) is 12.4. The number of nitrogens with zero attached hydrogens (tertiary/aromatic N) is 2. The van der Waals surface area contributed by atoms with E-state index in [-0.39, 0.29) is 16.7 Å². The summed E-state index contributed by atoms with van der Waals surface area (Å²) in [6.07, 6.45) is 2.99. The van der Waals surface area contributed by atoms with E-state index in [2.05, 4.69) is 19.9 Å². The fourth-order valence-electron chi connectivity index (χ4n) is 2.98. The van der Waals surface area contributed by atoms with Crippen molar-refractivity contribution in [1.29, 1.82) is 0 Å². The van der Waals surface area contributed by atoms with Crippen molar-refractivity contribution in [2.24, 2.45) is 0 Å². The Morgan fingerprint density at radius 3 is 2.10 bits per heavy atom. The van der Waals surface area contributed by atoms with E-state index >= 15 is 0 Å². The minimum absolute atomic E-state index is 0.0943. The highest BCUT2D eigenvalue weighted by Crippen LogP contribution is 2.29. The van der Waals surface area contributed by atoms with Gasteiger partial charge in [-0.2, -0.15) is 0 Å². The van der Waals surface area contributed by atoms with E-state index in [9.17, 15) is 16.8 Å². The maximum absolute atomic E-state index is 12.9. The number of aromatic amines is 1. The molecule has 0 unspecified atom stereocenters. The fraction of sp³-hybridized carbons (Fsp3) is 0.100. The zero-order valence-electron chi connectivity index (χ0n) is 16.1. The number of benzene rings is 2. The highest BCUT2D eigenvalue weighted by Gasteiger charge is 2.25. The molecule has 4 rings (SSSR count). The van der Waals surface area contributed by atoms with Gasteiger partial charge in [0.2, 0.25) is 21.8 Å². The number of H-pyrrole nitrogens is 1. The van der Waals surface area contributed by atoms with E-state index in [1.807, 2.05) is 18.2 Å². The van der Waals surface area contributed by atoms with Gasteiger partial charge < -0.3 is 9.40 Å². The maximum atomic E-state index is 12.9. The summed E-state index contributed by atoms with van der Waals surface area (Å²) in [5, 5.41) is 7.39. The van der Waals surface area contributed by atoms with Crippen molar-refractivity contribution in [2.75, 3.05) is 4.72 Å². The van der Waals surface area contributed by atoms with Crippen molar-refractivity contribution < 1.29 is 21.3 Å². The van der Waals surface area contributed by atoms with Gasteiger partial charge >= 0.3 is 0 Å². The van der Waals surface area contributed by atoms with E-state index in [1.54, 1.807) is 48.7 Å². The van der Waals surface area contributed by atoms with Crippen LogP contribution in [-0.4, -0.2) is 32.0 Å². The zero-order chi connectivity index (χ0) is 21.9. The maximum Gasteiger partial charge on any atom is 0.241 e. The summed E-state index contributed by atoms with van der Waals surface area (Å²) in [6, 6.07) is 17.4. The van der Waals surface area contributed by atoms with Crippen LogP contribution in [0.4, 0.5) is 5.69 Å². The van der Waals surface area contributed by atoms with E-state index in [4.69, 9.17) is 4.42 Å². The summed E-state index contributed by atoms with van der Waals surface area (Å²) in [4.78, 5) is 2.91. The average molecular weight is 459 g/mol. The first kappa shape index (κ1) is 20.8. The highest BCUT2D eigenvalue weighted by atomic mass is 32.2. The minimum Gasteiger partial charge on any atom is -0.423 e. The lowest BCUT2D eigenvalue weighted by Gasteiger charge is -2.05. The molecule has 0 spiro atoms. The predicted molar refractivity (Wildman–Crippen MR) is 114 cm³/mol. The lowest BCUT2D eigenvalue weighted by molar-refractivity contribution is 0.472. The molecule has 0 atom stereocenters. The van der Waals surface area contributed by atoms with Gasteiger partial charge in [0.1, 0.15) is 11.5 Å². The third-order valence-corrected chi connectivity index (χ3v) is 7.12. The Labute approximate surface area is 179 Å². The summed E-state index contributed by atoms with van der Waals surface area (Å²) in [5.41, 5.74) is 1.66. The third-order valence-electron chi connectivity index (χ3n) is 4.31. The molecule has 0 bridgehead atoms. The molecule has 2 aromatic carbocycles. The fourth-order valence-corrected chi connectivity index (χ4v) is 5.35. The van der Waals surface area contributed by atoms with Crippen LogP contribution in [0.5, 0.6) is 0 Å². The van der Waals surface area contributed by atoms with Crippen LogP contribution in [0.25, 0.3) is 11.1 Å². The Balaban J connectivity index is 1.50. The van der Waals surface area contributed by atoms with E-state index in [1.165, 1.54) is 6.20 Å². The third kappa shape index (κ3) is 5.01. The summed E-state index contributed by atoms with van der Waals surface area (Å²) < 4.78 is 58.1. The predicted octanol–water partition coefficient (Wildman–Crippen LogP) is 2.98. The average Bonchev–Trinajstić information content (AvgIpc) is 3.38. The number of para-hydroxylation sites is 1. The Morgan fingerprint density at radius 1 is 0.806 bits per heavy atom. The van der Waals surface area contributed by atoms with Crippen LogP contribution >= 0.6 is 0 Å². The lowest BCUT2D eigenvalue weighted by atomic mass is 10.1. The highest BCUT2D eigenvalue weighted by molar-refractivity contribution is 7.92. The molecule has 0 aliphatic rings. The first-order chi connectivity index (χ1) is 14.8. The second-order valence-electron chi connectivity index (χ2n) is 6.68. The quantitative estimate of drug-likeness (QED) is 0.414. The smallest absolute Gasteiger partial charge is 0.241 e. The molecule has 2 N–H and O–H groups in total. The van der Waals surface area contributed by atoms with Crippen LogP contribution in [0, 0.1) is 0 Å².